The Bertz CT molecular complexity index is 1090. The molecule has 2 N–H and O–H groups in total. The molecule has 5 nitrogen and oxygen atoms in total. The summed E-state index contributed by atoms with van der Waals surface area (Å²) in [6.45, 7) is 4.26. The average molecular weight is 408 g/mol. The summed E-state index contributed by atoms with van der Waals surface area (Å²) in [6, 6.07) is 15.1. The third-order valence-corrected chi connectivity index (χ3v) is 4.64. The molecule has 2 aromatic carbocycles. The van der Waals surface area contributed by atoms with Gasteiger partial charge in [-0.2, -0.15) is 5.26 Å². The molecule has 0 radical (unpaired) electrons. The molecule has 29 heavy (non-hydrogen) atoms. The molecule has 0 aliphatic rings. The van der Waals surface area contributed by atoms with E-state index >= 15 is 0 Å². The van der Waals surface area contributed by atoms with E-state index < -0.39 is 5.91 Å². The van der Waals surface area contributed by atoms with Crippen LogP contribution in [0, 0.1) is 11.3 Å². The van der Waals surface area contributed by atoms with Gasteiger partial charge in [-0.15, -0.1) is 0 Å². The fourth-order valence-electron chi connectivity index (χ4n) is 3.02. The predicted octanol–water partition coefficient (Wildman–Crippen LogP) is 4.87. The number of nitriles is 1. The lowest BCUT2D eigenvalue weighted by Crippen LogP contribution is -2.26. The van der Waals surface area contributed by atoms with Crippen molar-refractivity contribution in [1.29, 1.82) is 5.26 Å². The molecule has 1 heterocycles. The number of hydrogen-bond acceptors (Lipinski definition) is 3. The zero-order valence-corrected chi connectivity index (χ0v) is 17.1. The third kappa shape index (κ3) is 5.18. The van der Waals surface area contributed by atoms with Crippen LogP contribution < -0.4 is 10.1 Å². The summed E-state index contributed by atoms with van der Waals surface area (Å²) >= 11 is 6.23. The van der Waals surface area contributed by atoms with Crippen molar-refractivity contribution in [1.82, 2.24) is 10.3 Å². The molecule has 0 aliphatic carbocycles. The number of carbonyl (C=O) groups is 1. The first-order valence-corrected chi connectivity index (χ1v) is 9.77. The van der Waals surface area contributed by atoms with E-state index in [-0.39, 0.29) is 11.7 Å². The third-order valence-electron chi connectivity index (χ3n) is 4.35. The average Bonchev–Trinajstić information content (AvgIpc) is 3.11. The first-order valence-electron chi connectivity index (χ1n) is 9.39. The summed E-state index contributed by atoms with van der Waals surface area (Å²) in [5.74, 6) is 0.159. The molecule has 0 unspecified atom stereocenters. The van der Waals surface area contributed by atoms with Gasteiger partial charge in [0.25, 0.3) is 5.91 Å². The fraction of sp³-hybridized carbons (Fsp3) is 0.217. The van der Waals surface area contributed by atoms with Crippen molar-refractivity contribution >= 4 is 34.5 Å². The van der Waals surface area contributed by atoms with Crippen LogP contribution in [0.2, 0.25) is 5.02 Å². The van der Waals surface area contributed by atoms with Crippen LogP contribution in [0.4, 0.5) is 0 Å². The lowest BCUT2D eigenvalue weighted by atomic mass is 10.1. The van der Waals surface area contributed by atoms with Crippen LogP contribution in [0.3, 0.4) is 0 Å². The molecule has 0 fully saturated rings. The van der Waals surface area contributed by atoms with Crippen LogP contribution in [0.1, 0.15) is 25.0 Å². The van der Waals surface area contributed by atoms with Gasteiger partial charge in [0.2, 0.25) is 0 Å². The van der Waals surface area contributed by atoms with E-state index in [9.17, 15) is 10.1 Å². The molecular formula is C23H22ClN3O2. The van der Waals surface area contributed by atoms with Crippen LogP contribution in [0.25, 0.3) is 17.0 Å². The van der Waals surface area contributed by atoms with Gasteiger partial charge in [-0.3, -0.25) is 4.79 Å². The van der Waals surface area contributed by atoms with Gasteiger partial charge in [-0.1, -0.05) is 35.9 Å². The molecule has 1 amide bonds. The number of rotatable bonds is 7. The van der Waals surface area contributed by atoms with Crippen molar-refractivity contribution in [3.63, 3.8) is 0 Å². The van der Waals surface area contributed by atoms with E-state index in [1.165, 1.54) is 6.08 Å². The lowest BCUT2D eigenvalue weighted by Gasteiger charge is -2.11. The number of hydrogen-bond donors (Lipinski definition) is 2. The van der Waals surface area contributed by atoms with Gasteiger partial charge in [0.05, 0.1) is 11.1 Å². The van der Waals surface area contributed by atoms with Crippen molar-refractivity contribution in [3.05, 3.63) is 70.4 Å². The van der Waals surface area contributed by atoms with E-state index in [0.717, 1.165) is 16.5 Å². The van der Waals surface area contributed by atoms with Crippen molar-refractivity contribution in [2.75, 3.05) is 6.54 Å². The maximum absolute atomic E-state index is 12.4. The zero-order valence-electron chi connectivity index (χ0n) is 16.3. The second kappa shape index (κ2) is 9.31. The van der Waals surface area contributed by atoms with E-state index in [1.54, 1.807) is 18.2 Å². The second-order valence-electron chi connectivity index (χ2n) is 6.89. The number of aromatic nitrogens is 1. The number of amides is 1. The van der Waals surface area contributed by atoms with Crippen molar-refractivity contribution < 1.29 is 9.53 Å². The second-order valence-corrected chi connectivity index (χ2v) is 7.30. The molecule has 0 spiro atoms. The van der Waals surface area contributed by atoms with E-state index in [4.69, 9.17) is 16.3 Å². The largest absolute Gasteiger partial charge is 0.489 e. The zero-order chi connectivity index (χ0) is 20.8. The topological polar surface area (TPSA) is 77.9 Å². The van der Waals surface area contributed by atoms with E-state index in [2.05, 4.69) is 10.3 Å². The Morgan fingerprint density at radius 2 is 2.10 bits per heavy atom. The number of benzene rings is 2. The molecule has 3 rings (SSSR count). The van der Waals surface area contributed by atoms with E-state index in [0.29, 0.717) is 29.3 Å². The molecule has 0 atom stereocenters. The predicted molar refractivity (Wildman–Crippen MR) is 116 cm³/mol. The Balaban J connectivity index is 1.64. The van der Waals surface area contributed by atoms with Crippen LogP contribution in [0.15, 0.2) is 54.2 Å². The minimum atomic E-state index is -0.411. The first-order chi connectivity index (χ1) is 14.0. The van der Waals surface area contributed by atoms with Gasteiger partial charge >= 0.3 is 0 Å². The number of aromatic amines is 1. The van der Waals surface area contributed by atoms with Crippen LogP contribution in [-0.4, -0.2) is 23.5 Å². The normalized spacial score (nSPS) is 11.5. The maximum atomic E-state index is 12.4. The van der Waals surface area contributed by atoms with Crippen molar-refractivity contribution in [2.45, 2.75) is 26.4 Å². The van der Waals surface area contributed by atoms with Gasteiger partial charge in [-0.05, 0) is 55.7 Å². The number of nitrogens with one attached hydrogen (secondary N) is 2. The number of carbonyl (C=O) groups excluding carboxylic acids is 1. The lowest BCUT2D eigenvalue weighted by molar-refractivity contribution is -0.117. The highest BCUT2D eigenvalue weighted by molar-refractivity contribution is 6.32. The monoisotopic (exact) mass is 407 g/mol. The number of fused-ring (bicyclic) bond motifs is 1. The summed E-state index contributed by atoms with van der Waals surface area (Å²) in [7, 11) is 0. The highest BCUT2D eigenvalue weighted by Crippen LogP contribution is 2.27. The fourth-order valence-corrected chi connectivity index (χ4v) is 3.25. The number of ether oxygens (including phenoxy) is 1. The summed E-state index contributed by atoms with van der Waals surface area (Å²) in [6.07, 6.45) is 4.14. The summed E-state index contributed by atoms with van der Waals surface area (Å²) < 4.78 is 5.60. The van der Waals surface area contributed by atoms with Gasteiger partial charge in [0.15, 0.2) is 0 Å². The molecule has 0 aliphatic heterocycles. The van der Waals surface area contributed by atoms with Crippen LogP contribution >= 0.6 is 11.6 Å². The number of H-pyrrole nitrogens is 1. The minimum Gasteiger partial charge on any atom is -0.489 e. The molecule has 148 valence electrons. The Morgan fingerprint density at radius 1 is 1.31 bits per heavy atom. The highest BCUT2D eigenvalue weighted by atomic mass is 35.5. The Labute approximate surface area is 174 Å². The Morgan fingerprint density at radius 3 is 2.83 bits per heavy atom. The quantitative estimate of drug-likeness (QED) is 0.433. The highest BCUT2D eigenvalue weighted by Gasteiger charge is 2.11. The van der Waals surface area contributed by atoms with Gasteiger partial charge in [-0.25, -0.2) is 0 Å². The summed E-state index contributed by atoms with van der Waals surface area (Å²) in [4.78, 5) is 15.6. The Hall–Kier alpha value is -3.23. The Kier molecular flexibility index (Phi) is 6.58. The molecule has 0 saturated heterocycles. The number of nitrogens with zero attached hydrogens (tertiary/aromatic N) is 1. The minimum absolute atomic E-state index is 0.00601. The molecular weight excluding hydrogens is 386 g/mol. The number of halogens is 1. The van der Waals surface area contributed by atoms with Gasteiger partial charge in [0.1, 0.15) is 17.4 Å². The summed E-state index contributed by atoms with van der Waals surface area (Å²) in [5, 5.41) is 13.8. The van der Waals surface area contributed by atoms with Crippen LogP contribution in [-0.2, 0) is 11.2 Å². The molecule has 1 aromatic heterocycles. The molecule has 0 bridgehead atoms. The van der Waals surface area contributed by atoms with Gasteiger partial charge in [0, 0.05) is 23.6 Å². The van der Waals surface area contributed by atoms with Crippen molar-refractivity contribution in [2.24, 2.45) is 0 Å². The number of para-hydroxylation sites is 1. The van der Waals surface area contributed by atoms with E-state index in [1.807, 2.05) is 50.4 Å². The molecule has 6 heteroatoms. The van der Waals surface area contributed by atoms with Crippen LogP contribution in [0.5, 0.6) is 5.75 Å². The van der Waals surface area contributed by atoms with Gasteiger partial charge < -0.3 is 15.0 Å². The SMILES string of the molecule is CC(C)Oc1ccc(/C=C(/C#N)C(=O)NCCc2c[nH]c3ccccc23)cc1Cl. The molecule has 0 saturated carbocycles. The van der Waals surface area contributed by atoms with Crippen molar-refractivity contribution in [3.8, 4) is 11.8 Å². The maximum Gasteiger partial charge on any atom is 0.261 e. The first kappa shape index (κ1) is 20.5. The summed E-state index contributed by atoms with van der Waals surface area (Å²) in [5.41, 5.74) is 2.87. The smallest absolute Gasteiger partial charge is 0.261 e. The molecule has 3 aromatic rings. The standard InChI is InChI=1S/C23H22ClN3O2/c1-15(2)29-22-8-7-16(12-20(22)24)11-18(13-25)23(28)26-10-9-17-14-27-21-6-4-3-5-19(17)21/h3-8,11-12,14-15,27H,9-10H2,1-2H3,(H,26,28)/b18-11-.